The van der Waals surface area contributed by atoms with Crippen LogP contribution in [0.5, 0.6) is 0 Å². The molecule has 1 heterocycles. The summed E-state index contributed by atoms with van der Waals surface area (Å²) in [6, 6.07) is 6.46. The van der Waals surface area contributed by atoms with Crippen molar-refractivity contribution in [2.45, 2.75) is 37.8 Å². The normalized spacial score (nSPS) is 20.3. The van der Waals surface area contributed by atoms with Gasteiger partial charge in [-0.25, -0.2) is 4.39 Å². The first-order valence-electron chi connectivity index (χ1n) is 7.43. The zero-order valence-electron chi connectivity index (χ0n) is 12.4. The third-order valence-corrected chi connectivity index (χ3v) is 4.08. The number of benzene rings is 1. The molecule has 1 fully saturated rings. The van der Waals surface area contributed by atoms with E-state index in [0.29, 0.717) is 13.0 Å². The number of amides is 1. The van der Waals surface area contributed by atoms with Gasteiger partial charge in [-0.15, -0.1) is 0 Å². The van der Waals surface area contributed by atoms with Crippen molar-refractivity contribution in [1.82, 2.24) is 4.90 Å². The van der Waals surface area contributed by atoms with Crippen LogP contribution in [0.1, 0.15) is 37.3 Å². The highest BCUT2D eigenvalue weighted by molar-refractivity contribution is 5.77. The quantitative estimate of drug-likeness (QED) is 0.906. The summed E-state index contributed by atoms with van der Waals surface area (Å²) in [4.78, 5) is 14.4. The Hall–Kier alpha value is -1.46. The molecule has 0 spiro atoms. The van der Waals surface area contributed by atoms with Crippen LogP contribution in [0.2, 0.25) is 0 Å². The fourth-order valence-corrected chi connectivity index (χ4v) is 2.84. The van der Waals surface area contributed by atoms with Gasteiger partial charge in [0, 0.05) is 20.2 Å². The van der Waals surface area contributed by atoms with Crippen LogP contribution in [-0.4, -0.2) is 37.1 Å². The molecule has 21 heavy (non-hydrogen) atoms. The number of halogens is 1. The molecule has 1 amide bonds. The fourth-order valence-electron chi connectivity index (χ4n) is 2.84. The fraction of sp³-hybridized carbons (Fsp3) is 0.562. The molecule has 1 aromatic rings. The van der Waals surface area contributed by atoms with Crippen molar-refractivity contribution in [3.05, 3.63) is 35.6 Å². The van der Waals surface area contributed by atoms with Gasteiger partial charge in [-0.1, -0.05) is 12.1 Å². The van der Waals surface area contributed by atoms with Gasteiger partial charge in [0.15, 0.2) is 0 Å². The second kappa shape index (κ2) is 7.52. The minimum Gasteiger partial charge on any atom is -0.380 e. The van der Waals surface area contributed by atoms with Crippen LogP contribution in [0.15, 0.2) is 24.3 Å². The summed E-state index contributed by atoms with van der Waals surface area (Å²) in [6.07, 6.45) is 3.05. The molecule has 1 saturated heterocycles. The molecule has 1 aliphatic heterocycles. The third-order valence-electron chi connectivity index (χ3n) is 4.08. The first kappa shape index (κ1) is 15.9. The molecule has 1 aliphatic rings. The van der Waals surface area contributed by atoms with E-state index in [2.05, 4.69) is 0 Å². The second-order valence-electron chi connectivity index (χ2n) is 5.45. The number of carbonyl (C=O) groups excluding carboxylic acids is 1. The van der Waals surface area contributed by atoms with Gasteiger partial charge in [-0.05, 0) is 37.0 Å². The molecule has 0 unspecified atom stereocenters. The molecule has 0 bridgehead atoms. The molecule has 0 aromatic heterocycles. The summed E-state index contributed by atoms with van der Waals surface area (Å²) in [7, 11) is 1.57. The van der Waals surface area contributed by atoms with Crippen molar-refractivity contribution < 1.29 is 13.9 Å². The lowest BCUT2D eigenvalue weighted by atomic mass is 9.94. The number of piperidine rings is 1. The average Bonchev–Trinajstić information content (AvgIpc) is 2.53. The first-order chi connectivity index (χ1) is 10.2. The number of rotatable bonds is 5. The molecule has 0 radical (unpaired) electrons. The van der Waals surface area contributed by atoms with Gasteiger partial charge < -0.3 is 15.4 Å². The van der Waals surface area contributed by atoms with Crippen LogP contribution in [0.3, 0.4) is 0 Å². The molecule has 4 nitrogen and oxygen atoms in total. The van der Waals surface area contributed by atoms with E-state index in [-0.39, 0.29) is 23.9 Å². The van der Waals surface area contributed by atoms with E-state index in [1.54, 1.807) is 19.2 Å². The summed E-state index contributed by atoms with van der Waals surface area (Å²) in [5, 5.41) is 0. The molecule has 0 saturated carbocycles. The average molecular weight is 294 g/mol. The van der Waals surface area contributed by atoms with Crippen molar-refractivity contribution in [3.63, 3.8) is 0 Å². The van der Waals surface area contributed by atoms with Gasteiger partial charge in [0.05, 0.1) is 18.6 Å². The summed E-state index contributed by atoms with van der Waals surface area (Å²) >= 11 is 0. The maximum atomic E-state index is 13.1. The maximum Gasteiger partial charge on any atom is 0.225 e. The summed E-state index contributed by atoms with van der Waals surface area (Å²) < 4.78 is 18.3. The number of ether oxygens (including phenoxy) is 1. The third kappa shape index (κ3) is 4.02. The van der Waals surface area contributed by atoms with Gasteiger partial charge in [0.1, 0.15) is 5.82 Å². The van der Waals surface area contributed by atoms with Crippen LogP contribution in [0, 0.1) is 5.82 Å². The lowest BCUT2D eigenvalue weighted by Crippen LogP contribution is -2.41. The molecule has 1 aromatic carbocycles. The minimum absolute atomic E-state index is 0.0298. The summed E-state index contributed by atoms with van der Waals surface area (Å²) in [5.74, 6) is -0.198. The van der Waals surface area contributed by atoms with E-state index in [1.165, 1.54) is 12.1 Å². The largest absolute Gasteiger partial charge is 0.380 e. The van der Waals surface area contributed by atoms with Gasteiger partial charge in [0.25, 0.3) is 0 Å². The van der Waals surface area contributed by atoms with E-state index >= 15 is 0 Å². The Bertz CT molecular complexity index is 460. The van der Waals surface area contributed by atoms with Gasteiger partial charge >= 0.3 is 0 Å². The lowest BCUT2D eigenvalue weighted by Gasteiger charge is -2.36. The molecule has 116 valence electrons. The highest BCUT2D eigenvalue weighted by Gasteiger charge is 2.29. The smallest absolute Gasteiger partial charge is 0.225 e. The minimum atomic E-state index is -0.255. The van der Waals surface area contributed by atoms with Crippen molar-refractivity contribution in [1.29, 1.82) is 0 Å². The van der Waals surface area contributed by atoms with Crippen molar-refractivity contribution in [2.75, 3.05) is 20.2 Å². The Kier molecular flexibility index (Phi) is 5.70. The standard InChI is InChI=1S/C16H23FN2O2/c1-21-14(11-18)10-16(20)19-9-3-2-4-15(19)12-5-7-13(17)8-6-12/h5-8,14-15H,2-4,9-11,18H2,1H3/t14-,15+/m1/s1. The zero-order chi connectivity index (χ0) is 15.2. The molecule has 2 rings (SSSR count). The number of likely N-dealkylation sites (tertiary alicyclic amines) is 1. The molecular weight excluding hydrogens is 271 g/mol. The van der Waals surface area contributed by atoms with E-state index < -0.39 is 0 Å². The van der Waals surface area contributed by atoms with Crippen LogP contribution in [0.25, 0.3) is 0 Å². The number of nitrogens with two attached hydrogens (primary N) is 1. The van der Waals surface area contributed by atoms with Gasteiger partial charge in [-0.3, -0.25) is 4.79 Å². The van der Waals surface area contributed by atoms with E-state index in [0.717, 1.165) is 31.4 Å². The molecule has 2 N–H and O–H groups in total. The Morgan fingerprint density at radius 3 is 2.76 bits per heavy atom. The number of carbonyl (C=O) groups is 1. The number of nitrogens with zero attached hydrogens (tertiary/aromatic N) is 1. The first-order valence-corrected chi connectivity index (χ1v) is 7.43. The molecule has 2 atom stereocenters. The van der Waals surface area contributed by atoms with E-state index in [1.807, 2.05) is 4.90 Å². The Morgan fingerprint density at radius 1 is 1.43 bits per heavy atom. The Balaban J connectivity index is 2.11. The highest BCUT2D eigenvalue weighted by atomic mass is 19.1. The monoisotopic (exact) mass is 294 g/mol. The Labute approximate surface area is 125 Å². The van der Waals surface area contributed by atoms with E-state index in [4.69, 9.17) is 10.5 Å². The second-order valence-corrected chi connectivity index (χ2v) is 5.45. The van der Waals surface area contributed by atoms with Crippen molar-refractivity contribution in [2.24, 2.45) is 5.73 Å². The highest BCUT2D eigenvalue weighted by Crippen LogP contribution is 2.31. The van der Waals surface area contributed by atoms with Crippen LogP contribution < -0.4 is 5.73 Å². The molecule has 0 aliphatic carbocycles. The van der Waals surface area contributed by atoms with Crippen molar-refractivity contribution >= 4 is 5.91 Å². The zero-order valence-corrected chi connectivity index (χ0v) is 12.4. The van der Waals surface area contributed by atoms with Gasteiger partial charge in [-0.2, -0.15) is 0 Å². The molecular formula is C16H23FN2O2. The van der Waals surface area contributed by atoms with Crippen LogP contribution in [0.4, 0.5) is 4.39 Å². The SMILES string of the molecule is CO[C@@H](CN)CC(=O)N1CCCC[C@H]1c1ccc(F)cc1. The van der Waals surface area contributed by atoms with E-state index in [9.17, 15) is 9.18 Å². The van der Waals surface area contributed by atoms with Crippen molar-refractivity contribution in [3.8, 4) is 0 Å². The number of hydrogen-bond donors (Lipinski definition) is 1. The maximum absolute atomic E-state index is 13.1. The number of hydrogen-bond acceptors (Lipinski definition) is 3. The topological polar surface area (TPSA) is 55.6 Å². The molecule has 5 heteroatoms. The van der Waals surface area contributed by atoms with Gasteiger partial charge in [0.2, 0.25) is 5.91 Å². The Morgan fingerprint density at radius 2 is 2.14 bits per heavy atom. The lowest BCUT2D eigenvalue weighted by molar-refractivity contribution is -0.137. The van der Waals surface area contributed by atoms with Crippen LogP contribution >= 0.6 is 0 Å². The predicted molar refractivity (Wildman–Crippen MR) is 79.2 cm³/mol. The summed E-state index contributed by atoms with van der Waals surface area (Å²) in [6.45, 7) is 1.07. The predicted octanol–water partition coefficient (Wildman–Crippen LogP) is 2.24. The summed E-state index contributed by atoms with van der Waals surface area (Å²) in [5.41, 5.74) is 6.58. The number of methoxy groups -OCH3 is 1. The van der Waals surface area contributed by atoms with Crippen LogP contribution in [-0.2, 0) is 9.53 Å².